The van der Waals surface area contributed by atoms with Crippen LogP contribution in [0.25, 0.3) is 0 Å². The predicted molar refractivity (Wildman–Crippen MR) is 105 cm³/mol. The Morgan fingerprint density at radius 3 is 2.39 bits per heavy atom. The summed E-state index contributed by atoms with van der Waals surface area (Å²) in [5, 5.41) is 6.48. The first kappa shape index (κ1) is 21.6. The van der Waals surface area contributed by atoms with Crippen LogP contribution in [-0.4, -0.2) is 28.2 Å². The Labute approximate surface area is 176 Å². The molecule has 1 amide bonds. The molecule has 5 nitrogen and oxygen atoms in total. The summed E-state index contributed by atoms with van der Waals surface area (Å²) in [7, 11) is 0. The maximum absolute atomic E-state index is 13.0. The fourth-order valence-corrected chi connectivity index (χ4v) is 4.33. The molecule has 0 saturated heterocycles. The summed E-state index contributed by atoms with van der Waals surface area (Å²) in [5.41, 5.74) is 2.69. The van der Waals surface area contributed by atoms with Gasteiger partial charge in [-0.3, -0.25) is 9.48 Å². The molecule has 2 heterocycles. The number of amides is 1. The number of hydrogen-bond acceptors (Lipinski definition) is 3. The Morgan fingerprint density at radius 2 is 1.81 bits per heavy atom. The van der Waals surface area contributed by atoms with Crippen molar-refractivity contribution in [1.29, 1.82) is 0 Å². The predicted octanol–water partition coefficient (Wildman–Crippen LogP) is 4.91. The molecule has 2 aliphatic rings. The summed E-state index contributed by atoms with van der Waals surface area (Å²) in [4.78, 5) is 14.2. The molecule has 0 radical (unpaired) electrons. The number of rotatable bonds is 4. The Bertz CT molecular complexity index is 983. The maximum atomic E-state index is 13.0. The molecule has 1 fully saturated rings. The summed E-state index contributed by atoms with van der Waals surface area (Å²) >= 11 is 0. The Balaban J connectivity index is 1.45. The van der Waals surface area contributed by atoms with E-state index in [2.05, 4.69) is 10.4 Å². The Kier molecular flexibility index (Phi) is 5.21. The van der Waals surface area contributed by atoms with Crippen LogP contribution in [0.3, 0.4) is 0 Å². The topological polar surface area (TPSA) is 50.2 Å². The highest BCUT2D eigenvalue weighted by molar-refractivity contribution is 5.93. The van der Waals surface area contributed by atoms with Gasteiger partial charge in [0, 0.05) is 37.2 Å². The van der Waals surface area contributed by atoms with Crippen molar-refractivity contribution in [2.45, 2.75) is 58.3 Å². The number of halogens is 5. The van der Waals surface area contributed by atoms with Crippen molar-refractivity contribution in [3.63, 3.8) is 0 Å². The van der Waals surface area contributed by atoms with E-state index in [1.54, 1.807) is 0 Å². The maximum Gasteiger partial charge on any atom is 0.435 e. The molecular formula is C21H23F5N4O. The average molecular weight is 442 g/mol. The minimum Gasteiger partial charge on any atom is -0.364 e. The molecule has 10 heteroatoms. The lowest BCUT2D eigenvalue weighted by Gasteiger charge is -2.34. The van der Waals surface area contributed by atoms with Crippen molar-refractivity contribution < 1.29 is 26.7 Å². The van der Waals surface area contributed by atoms with E-state index in [0.717, 1.165) is 22.9 Å². The third kappa shape index (κ3) is 4.52. The number of fused-ring (bicyclic) bond motifs is 1. The van der Waals surface area contributed by atoms with E-state index in [1.165, 1.54) is 4.68 Å². The highest BCUT2D eigenvalue weighted by Crippen LogP contribution is 2.44. The first-order valence-electron chi connectivity index (χ1n) is 10.1. The van der Waals surface area contributed by atoms with Crippen LogP contribution in [0.1, 0.15) is 41.8 Å². The molecule has 1 aliphatic heterocycles. The molecule has 0 bridgehead atoms. The van der Waals surface area contributed by atoms with E-state index >= 15 is 0 Å². The number of anilines is 2. The normalized spacial score (nSPS) is 18.5. The standard InChI is InChI=1S/C21H23F5N4O/c1-12-5-15(29-3-4-30-16(11-29)8-17(28-30)21(24,25)26)6-13(2)19(12)27-18(31)7-14-9-20(22,23)10-14/h5-6,8,14H,3-4,7,9-11H2,1-2H3,(H,27,31). The van der Waals surface area contributed by atoms with Gasteiger partial charge in [0.05, 0.1) is 18.8 Å². The van der Waals surface area contributed by atoms with E-state index in [0.29, 0.717) is 31.0 Å². The zero-order chi connectivity index (χ0) is 22.6. The van der Waals surface area contributed by atoms with Crippen molar-refractivity contribution >= 4 is 17.3 Å². The number of alkyl halides is 5. The molecule has 31 heavy (non-hydrogen) atoms. The monoisotopic (exact) mass is 442 g/mol. The molecule has 1 N–H and O–H groups in total. The number of nitrogens with one attached hydrogen (secondary N) is 1. The number of carbonyl (C=O) groups excluding carboxylic acids is 1. The summed E-state index contributed by atoms with van der Waals surface area (Å²) in [5.74, 6) is -3.24. The molecule has 1 aromatic heterocycles. The SMILES string of the molecule is Cc1cc(N2CCn3nc(C(F)(F)F)cc3C2)cc(C)c1NC(=O)CC1CC(F)(F)C1. The minimum atomic E-state index is -4.47. The molecule has 168 valence electrons. The van der Waals surface area contributed by atoms with Gasteiger partial charge in [-0.15, -0.1) is 0 Å². The Morgan fingerprint density at radius 1 is 1.16 bits per heavy atom. The number of benzene rings is 1. The van der Waals surface area contributed by atoms with Crippen molar-refractivity contribution in [3.8, 4) is 0 Å². The number of hydrogen-bond donors (Lipinski definition) is 1. The third-order valence-corrected chi connectivity index (χ3v) is 5.88. The molecular weight excluding hydrogens is 419 g/mol. The molecule has 2 aromatic rings. The van der Waals surface area contributed by atoms with Gasteiger partial charge >= 0.3 is 6.18 Å². The van der Waals surface area contributed by atoms with Crippen molar-refractivity contribution in [2.24, 2.45) is 5.92 Å². The highest BCUT2D eigenvalue weighted by Gasteiger charge is 2.45. The number of aryl methyl sites for hydroxylation is 2. The lowest BCUT2D eigenvalue weighted by Crippen LogP contribution is -2.37. The van der Waals surface area contributed by atoms with Gasteiger partial charge in [-0.1, -0.05) is 0 Å². The summed E-state index contributed by atoms with van der Waals surface area (Å²) in [6.45, 7) is 4.81. The Hall–Kier alpha value is -2.65. The van der Waals surface area contributed by atoms with Crippen LogP contribution in [0.2, 0.25) is 0 Å². The highest BCUT2D eigenvalue weighted by atomic mass is 19.4. The number of aromatic nitrogens is 2. The molecule has 0 unspecified atom stereocenters. The quantitative estimate of drug-likeness (QED) is 0.685. The van der Waals surface area contributed by atoms with E-state index in [1.807, 2.05) is 30.9 Å². The fraction of sp³-hybridized carbons (Fsp3) is 0.524. The molecule has 0 spiro atoms. The van der Waals surface area contributed by atoms with Gasteiger partial charge in [0.25, 0.3) is 0 Å². The van der Waals surface area contributed by atoms with Crippen LogP contribution in [0.15, 0.2) is 18.2 Å². The zero-order valence-electron chi connectivity index (χ0n) is 17.2. The van der Waals surface area contributed by atoms with E-state index in [9.17, 15) is 26.7 Å². The van der Waals surface area contributed by atoms with Crippen molar-refractivity contribution in [3.05, 3.63) is 40.7 Å². The van der Waals surface area contributed by atoms with Crippen molar-refractivity contribution in [1.82, 2.24) is 9.78 Å². The number of nitrogens with zero attached hydrogens (tertiary/aromatic N) is 3. The van der Waals surface area contributed by atoms with Gasteiger partial charge in [0.2, 0.25) is 11.8 Å². The smallest absolute Gasteiger partial charge is 0.364 e. The van der Waals surface area contributed by atoms with E-state index < -0.39 is 17.8 Å². The average Bonchev–Trinajstić information content (AvgIpc) is 3.06. The van der Waals surface area contributed by atoms with Crippen LogP contribution in [0.5, 0.6) is 0 Å². The first-order valence-corrected chi connectivity index (χ1v) is 10.1. The van der Waals surface area contributed by atoms with Gasteiger partial charge in [0.15, 0.2) is 5.69 Å². The summed E-state index contributed by atoms with van der Waals surface area (Å²) < 4.78 is 66.1. The molecule has 0 atom stereocenters. The van der Waals surface area contributed by atoms with Gasteiger partial charge in [0.1, 0.15) is 0 Å². The second-order valence-corrected chi connectivity index (χ2v) is 8.50. The van der Waals surface area contributed by atoms with Crippen LogP contribution in [0.4, 0.5) is 33.3 Å². The second kappa shape index (κ2) is 7.49. The third-order valence-electron chi connectivity index (χ3n) is 5.88. The largest absolute Gasteiger partial charge is 0.435 e. The summed E-state index contributed by atoms with van der Waals surface area (Å²) in [6, 6.07) is 4.82. The molecule has 4 rings (SSSR count). The van der Waals surface area contributed by atoms with Crippen LogP contribution in [-0.2, 0) is 24.1 Å². The van der Waals surface area contributed by atoms with Gasteiger partial charge in [-0.05, 0) is 49.1 Å². The van der Waals surface area contributed by atoms with Gasteiger partial charge in [-0.25, -0.2) is 8.78 Å². The zero-order valence-corrected chi connectivity index (χ0v) is 17.2. The molecule has 1 aromatic carbocycles. The van der Waals surface area contributed by atoms with Crippen LogP contribution in [0, 0.1) is 19.8 Å². The lowest BCUT2D eigenvalue weighted by atomic mass is 9.79. The second-order valence-electron chi connectivity index (χ2n) is 8.50. The van der Waals surface area contributed by atoms with Crippen LogP contribution >= 0.6 is 0 Å². The first-order chi connectivity index (χ1) is 14.4. The lowest BCUT2D eigenvalue weighted by molar-refractivity contribution is -0.141. The van der Waals surface area contributed by atoms with Gasteiger partial charge in [-0.2, -0.15) is 18.3 Å². The van der Waals surface area contributed by atoms with Crippen LogP contribution < -0.4 is 10.2 Å². The van der Waals surface area contributed by atoms with E-state index in [4.69, 9.17) is 0 Å². The molecule has 1 aliphatic carbocycles. The van der Waals surface area contributed by atoms with Crippen molar-refractivity contribution in [2.75, 3.05) is 16.8 Å². The minimum absolute atomic E-state index is 0.0634. The van der Waals surface area contributed by atoms with Gasteiger partial charge < -0.3 is 10.2 Å². The fourth-order valence-electron chi connectivity index (χ4n) is 4.33. The van der Waals surface area contributed by atoms with E-state index in [-0.39, 0.29) is 31.1 Å². The summed E-state index contributed by atoms with van der Waals surface area (Å²) in [6.07, 6.45) is -4.91. The molecule has 1 saturated carbocycles. The number of carbonyl (C=O) groups is 1.